The molecule has 1 saturated carbocycles. The first kappa shape index (κ1) is 11.7. The zero-order valence-corrected chi connectivity index (χ0v) is 10.6. The molecule has 8 nitrogen and oxygen atoms in total. The summed E-state index contributed by atoms with van der Waals surface area (Å²) in [6.45, 7) is 0.138. The van der Waals surface area contributed by atoms with Crippen molar-refractivity contribution in [3.05, 3.63) is 6.20 Å². The number of nitrogen functional groups attached to an aromatic ring is 1. The molecule has 4 N–H and O–H groups in total. The number of aromatic nitrogens is 4. The zero-order valence-electron chi connectivity index (χ0n) is 10.6. The number of carbonyl (C=O) groups excluding carboxylic acids is 1. The van der Waals surface area contributed by atoms with Gasteiger partial charge in [-0.2, -0.15) is 15.1 Å². The molecule has 100 valence electrons. The SMILES string of the molecule is Cn1ncc2c(N)nc(NCC(=O)NC3CC3)nc21. The van der Waals surface area contributed by atoms with Gasteiger partial charge in [0.15, 0.2) is 5.65 Å². The summed E-state index contributed by atoms with van der Waals surface area (Å²) in [6, 6.07) is 0.347. The lowest BCUT2D eigenvalue weighted by Crippen LogP contribution is -2.31. The van der Waals surface area contributed by atoms with E-state index in [1.165, 1.54) is 0 Å². The van der Waals surface area contributed by atoms with Gasteiger partial charge in [-0.15, -0.1) is 0 Å². The smallest absolute Gasteiger partial charge is 0.239 e. The van der Waals surface area contributed by atoms with E-state index >= 15 is 0 Å². The van der Waals surface area contributed by atoms with E-state index in [-0.39, 0.29) is 12.5 Å². The van der Waals surface area contributed by atoms with Crippen molar-refractivity contribution in [2.75, 3.05) is 17.6 Å². The average Bonchev–Trinajstić information content (AvgIpc) is 3.10. The Morgan fingerprint density at radius 2 is 2.32 bits per heavy atom. The molecule has 0 atom stereocenters. The Morgan fingerprint density at radius 1 is 1.53 bits per heavy atom. The molecular formula is C11H15N7O. The molecule has 2 heterocycles. The highest BCUT2D eigenvalue weighted by Gasteiger charge is 2.23. The summed E-state index contributed by atoms with van der Waals surface area (Å²) >= 11 is 0. The summed E-state index contributed by atoms with van der Waals surface area (Å²) in [7, 11) is 1.78. The van der Waals surface area contributed by atoms with Crippen LogP contribution in [0.5, 0.6) is 0 Å². The highest BCUT2D eigenvalue weighted by Crippen LogP contribution is 2.19. The van der Waals surface area contributed by atoms with E-state index in [0.717, 1.165) is 12.8 Å². The Balaban J connectivity index is 1.73. The van der Waals surface area contributed by atoms with Crippen LogP contribution in [0.1, 0.15) is 12.8 Å². The number of rotatable bonds is 4. The summed E-state index contributed by atoms with van der Waals surface area (Å²) in [4.78, 5) is 19.9. The number of nitrogens with two attached hydrogens (primary N) is 1. The maximum absolute atomic E-state index is 11.6. The Hall–Kier alpha value is -2.38. The van der Waals surface area contributed by atoms with Crippen molar-refractivity contribution < 1.29 is 4.79 Å². The number of carbonyl (C=O) groups is 1. The molecule has 0 radical (unpaired) electrons. The summed E-state index contributed by atoms with van der Waals surface area (Å²) in [5, 5.41) is 10.5. The van der Waals surface area contributed by atoms with Crippen molar-refractivity contribution in [3.8, 4) is 0 Å². The fourth-order valence-electron chi connectivity index (χ4n) is 1.79. The van der Waals surface area contributed by atoms with Crippen LogP contribution < -0.4 is 16.4 Å². The standard InChI is InChI=1S/C11H15N7O/c1-18-10-7(4-14-18)9(12)16-11(17-10)13-5-8(19)15-6-2-3-6/h4,6H,2-3,5H2,1H3,(H,15,19)(H3,12,13,16,17). The molecule has 0 bridgehead atoms. The van der Waals surface area contributed by atoms with Gasteiger partial charge in [0.25, 0.3) is 0 Å². The van der Waals surface area contributed by atoms with Crippen LogP contribution in [-0.2, 0) is 11.8 Å². The quantitative estimate of drug-likeness (QED) is 0.693. The topological polar surface area (TPSA) is 111 Å². The van der Waals surface area contributed by atoms with E-state index in [9.17, 15) is 4.79 Å². The monoisotopic (exact) mass is 261 g/mol. The number of nitrogens with one attached hydrogen (secondary N) is 2. The number of nitrogens with zero attached hydrogens (tertiary/aromatic N) is 4. The molecule has 2 aromatic heterocycles. The molecule has 2 aromatic rings. The molecule has 3 rings (SSSR count). The number of hydrogen-bond acceptors (Lipinski definition) is 6. The Morgan fingerprint density at radius 3 is 3.05 bits per heavy atom. The van der Waals surface area contributed by atoms with Crippen molar-refractivity contribution in [2.45, 2.75) is 18.9 Å². The van der Waals surface area contributed by atoms with E-state index < -0.39 is 0 Å². The largest absolute Gasteiger partial charge is 0.383 e. The summed E-state index contributed by atoms with van der Waals surface area (Å²) in [5.41, 5.74) is 6.46. The lowest BCUT2D eigenvalue weighted by molar-refractivity contribution is -0.119. The van der Waals surface area contributed by atoms with E-state index in [1.54, 1.807) is 17.9 Å². The highest BCUT2D eigenvalue weighted by molar-refractivity contribution is 5.86. The van der Waals surface area contributed by atoms with Gasteiger partial charge in [0, 0.05) is 13.1 Å². The van der Waals surface area contributed by atoms with Gasteiger partial charge in [-0.25, -0.2) is 0 Å². The Bertz CT molecular complexity index is 631. The number of amides is 1. The Kier molecular flexibility index (Phi) is 2.69. The molecule has 0 saturated heterocycles. The lowest BCUT2D eigenvalue weighted by Gasteiger charge is -2.06. The molecular weight excluding hydrogens is 246 g/mol. The molecule has 1 aliphatic carbocycles. The van der Waals surface area contributed by atoms with Gasteiger partial charge >= 0.3 is 0 Å². The van der Waals surface area contributed by atoms with Gasteiger partial charge in [-0.1, -0.05) is 0 Å². The third-order valence-corrected chi connectivity index (χ3v) is 2.97. The van der Waals surface area contributed by atoms with Crippen LogP contribution in [0.2, 0.25) is 0 Å². The second kappa shape index (κ2) is 4.38. The van der Waals surface area contributed by atoms with E-state index in [4.69, 9.17) is 5.73 Å². The van der Waals surface area contributed by atoms with Gasteiger partial charge in [0.05, 0.1) is 18.1 Å². The number of fused-ring (bicyclic) bond motifs is 1. The van der Waals surface area contributed by atoms with Crippen LogP contribution in [0.25, 0.3) is 11.0 Å². The first-order valence-electron chi connectivity index (χ1n) is 6.12. The van der Waals surface area contributed by atoms with Crippen LogP contribution in [0, 0.1) is 0 Å². The predicted molar refractivity (Wildman–Crippen MR) is 70.4 cm³/mol. The van der Waals surface area contributed by atoms with E-state index in [0.29, 0.717) is 28.8 Å². The maximum atomic E-state index is 11.6. The minimum absolute atomic E-state index is 0.0604. The first-order valence-corrected chi connectivity index (χ1v) is 6.12. The highest BCUT2D eigenvalue weighted by atomic mass is 16.2. The van der Waals surface area contributed by atoms with Gasteiger partial charge in [0.1, 0.15) is 5.82 Å². The molecule has 0 unspecified atom stereocenters. The molecule has 1 amide bonds. The molecule has 0 aromatic carbocycles. The minimum Gasteiger partial charge on any atom is -0.383 e. The number of aryl methyl sites for hydroxylation is 1. The van der Waals surface area contributed by atoms with E-state index in [1.807, 2.05) is 0 Å². The van der Waals surface area contributed by atoms with Crippen molar-refractivity contribution in [3.63, 3.8) is 0 Å². The average molecular weight is 261 g/mol. The van der Waals surface area contributed by atoms with Gasteiger partial charge < -0.3 is 16.4 Å². The molecule has 1 aliphatic rings. The zero-order chi connectivity index (χ0) is 13.4. The van der Waals surface area contributed by atoms with Gasteiger partial charge in [-0.3, -0.25) is 9.48 Å². The van der Waals surface area contributed by atoms with E-state index in [2.05, 4.69) is 25.7 Å². The second-order valence-electron chi connectivity index (χ2n) is 4.63. The summed E-state index contributed by atoms with van der Waals surface area (Å²) in [5.74, 6) is 0.623. The molecule has 1 fully saturated rings. The van der Waals surface area contributed by atoms with Crippen LogP contribution in [0.4, 0.5) is 11.8 Å². The molecule has 0 aliphatic heterocycles. The number of hydrogen-bond donors (Lipinski definition) is 3. The maximum Gasteiger partial charge on any atom is 0.239 e. The van der Waals surface area contributed by atoms with Crippen molar-refractivity contribution in [1.29, 1.82) is 0 Å². The van der Waals surface area contributed by atoms with Crippen LogP contribution in [0.3, 0.4) is 0 Å². The van der Waals surface area contributed by atoms with Crippen LogP contribution in [-0.4, -0.2) is 38.2 Å². The van der Waals surface area contributed by atoms with Gasteiger partial charge in [-0.05, 0) is 12.8 Å². The summed E-state index contributed by atoms with van der Waals surface area (Å²) < 4.78 is 1.61. The normalized spacial score (nSPS) is 14.6. The fourth-order valence-corrected chi connectivity index (χ4v) is 1.79. The van der Waals surface area contributed by atoms with Crippen molar-refractivity contribution >= 4 is 28.7 Å². The molecule has 19 heavy (non-hydrogen) atoms. The molecule has 0 spiro atoms. The Labute approximate surface area is 109 Å². The third kappa shape index (κ3) is 2.42. The fraction of sp³-hybridized carbons (Fsp3) is 0.455. The minimum atomic E-state index is -0.0604. The van der Waals surface area contributed by atoms with Crippen LogP contribution >= 0.6 is 0 Å². The first-order chi connectivity index (χ1) is 9.13. The van der Waals surface area contributed by atoms with Crippen molar-refractivity contribution in [2.24, 2.45) is 7.05 Å². The second-order valence-corrected chi connectivity index (χ2v) is 4.63. The van der Waals surface area contributed by atoms with Crippen molar-refractivity contribution in [1.82, 2.24) is 25.1 Å². The molecule has 8 heteroatoms. The number of anilines is 2. The lowest BCUT2D eigenvalue weighted by atomic mass is 10.4. The predicted octanol–water partition coefficient (Wildman–Crippen LogP) is -0.364. The summed E-state index contributed by atoms with van der Waals surface area (Å²) in [6.07, 6.45) is 3.75. The third-order valence-electron chi connectivity index (χ3n) is 2.97. The van der Waals surface area contributed by atoms with Crippen LogP contribution in [0.15, 0.2) is 6.20 Å². The van der Waals surface area contributed by atoms with Gasteiger partial charge in [0.2, 0.25) is 11.9 Å².